The number of fused-ring (bicyclic) bond motifs is 3. The molecular formula is C25H32ClN3O3. The van der Waals surface area contributed by atoms with Gasteiger partial charge in [-0.25, -0.2) is 4.98 Å². The fraction of sp³-hybridized carbons (Fsp3) is 0.520. The van der Waals surface area contributed by atoms with Gasteiger partial charge in [-0.05, 0) is 62.1 Å². The highest BCUT2D eigenvalue weighted by molar-refractivity contribution is 6.29. The van der Waals surface area contributed by atoms with Crippen LogP contribution in [0, 0.1) is 0 Å². The van der Waals surface area contributed by atoms with Crippen LogP contribution in [0.15, 0.2) is 42.6 Å². The van der Waals surface area contributed by atoms with E-state index < -0.39 is 0 Å². The second-order valence-electron chi connectivity index (χ2n) is 8.62. The maximum atomic E-state index is 13.3. The lowest BCUT2D eigenvalue weighted by atomic mass is 9.93. The molecule has 1 aromatic heterocycles. The standard InChI is InChI=1S/C25H32ClN3O3/c1-31-23-9-5-13-29-22(23)8-2-3-12-28(18-19-10-11-24(26)27-17-19)14-15-32-21-7-4-6-20(16-21)25(29)30/h4,6-7,10-11,16-17,22-23H,2-3,5,8-9,12-15,18H2,1H3/t22-,23-/m1/s1. The summed E-state index contributed by atoms with van der Waals surface area (Å²) in [7, 11) is 1.76. The molecular weight excluding hydrogens is 426 g/mol. The van der Waals surface area contributed by atoms with Crippen molar-refractivity contribution in [1.82, 2.24) is 14.8 Å². The number of hydrogen-bond acceptors (Lipinski definition) is 5. The zero-order valence-corrected chi connectivity index (χ0v) is 19.5. The predicted octanol–water partition coefficient (Wildman–Crippen LogP) is 4.42. The van der Waals surface area contributed by atoms with Crippen LogP contribution in [-0.2, 0) is 11.3 Å². The zero-order valence-electron chi connectivity index (χ0n) is 18.7. The van der Waals surface area contributed by atoms with Crippen molar-refractivity contribution in [2.45, 2.75) is 50.8 Å². The van der Waals surface area contributed by atoms with Gasteiger partial charge in [0.15, 0.2) is 0 Å². The van der Waals surface area contributed by atoms with Gasteiger partial charge in [0.05, 0.1) is 12.1 Å². The summed E-state index contributed by atoms with van der Waals surface area (Å²) in [6.07, 6.45) is 6.97. The molecule has 2 aliphatic heterocycles. The molecule has 172 valence electrons. The molecule has 1 saturated heterocycles. The van der Waals surface area contributed by atoms with Gasteiger partial charge in [-0.3, -0.25) is 9.69 Å². The Balaban J connectivity index is 1.53. The van der Waals surface area contributed by atoms with Crippen molar-refractivity contribution >= 4 is 17.5 Å². The highest BCUT2D eigenvalue weighted by atomic mass is 35.5. The van der Waals surface area contributed by atoms with Gasteiger partial charge in [0.2, 0.25) is 0 Å². The lowest BCUT2D eigenvalue weighted by Gasteiger charge is -2.41. The number of nitrogens with zero attached hydrogens (tertiary/aromatic N) is 3. The second-order valence-corrected chi connectivity index (χ2v) is 9.01. The minimum absolute atomic E-state index is 0.0797. The number of halogens is 1. The van der Waals surface area contributed by atoms with Crippen LogP contribution in [0.25, 0.3) is 0 Å². The van der Waals surface area contributed by atoms with Gasteiger partial charge in [-0.15, -0.1) is 0 Å². The summed E-state index contributed by atoms with van der Waals surface area (Å²) >= 11 is 5.94. The minimum Gasteiger partial charge on any atom is -0.492 e. The number of pyridine rings is 1. The Hall–Kier alpha value is -2.15. The normalized spacial score (nSPS) is 23.2. The number of carbonyl (C=O) groups is 1. The molecule has 2 aliphatic rings. The predicted molar refractivity (Wildman–Crippen MR) is 125 cm³/mol. The first-order valence-corrected chi connectivity index (χ1v) is 11.9. The number of carbonyl (C=O) groups excluding carboxylic acids is 1. The van der Waals surface area contributed by atoms with Crippen LogP contribution in [0.1, 0.15) is 48.0 Å². The molecule has 0 radical (unpaired) electrons. The van der Waals surface area contributed by atoms with Gasteiger partial charge in [0.1, 0.15) is 17.5 Å². The van der Waals surface area contributed by atoms with E-state index in [0.717, 1.165) is 69.6 Å². The molecule has 7 heteroatoms. The van der Waals surface area contributed by atoms with Crippen molar-refractivity contribution in [2.24, 2.45) is 0 Å². The first-order chi connectivity index (χ1) is 15.6. The number of ether oxygens (including phenoxy) is 2. The van der Waals surface area contributed by atoms with Crippen LogP contribution in [0.5, 0.6) is 5.75 Å². The number of rotatable bonds is 3. The molecule has 0 spiro atoms. The van der Waals surface area contributed by atoms with Crippen molar-refractivity contribution in [3.63, 3.8) is 0 Å². The Morgan fingerprint density at radius 1 is 1.12 bits per heavy atom. The molecule has 0 aliphatic carbocycles. The third-order valence-corrected chi connectivity index (χ3v) is 6.68. The number of methoxy groups -OCH3 is 1. The molecule has 3 heterocycles. The van der Waals surface area contributed by atoms with Gasteiger partial charge in [-0.2, -0.15) is 0 Å². The average molecular weight is 458 g/mol. The quantitative estimate of drug-likeness (QED) is 0.638. The van der Waals surface area contributed by atoms with E-state index in [-0.39, 0.29) is 18.1 Å². The van der Waals surface area contributed by atoms with Crippen molar-refractivity contribution in [2.75, 3.05) is 33.4 Å². The van der Waals surface area contributed by atoms with E-state index >= 15 is 0 Å². The molecule has 0 saturated carbocycles. The van der Waals surface area contributed by atoms with E-state index in [1.165, 1.54) is 0 Å². The highest BCUT2D eigenvalue weighted by Crippen LogP contribution is 2.27. The lowest BCUT2D eigenvalue weighted by Crippen LogP contribution is -2.51. The number of hydrogen-bond donors (Lipinski definition) is 0. The third kappa shape index (κ3) is 5.80. The average Bonchev–Trinajstić information content (AvgIpc) is 2.82. The molecule has 1 aromatic carbocycles. The molecule has 1 fully saturated rings. The Kier molecular flexibility index (Phi) is 8.00. The molecule has 32 heavy (non-hydrogen) atoms. The summed E-state index contributed by atoms with van der Waals surface area (Å²) in [6, 6.07) is 11.5. The SMILES string of the molecule is CO[C@@H]1CCCN2C(=O)c3cccc(c3)OCCN(Cc3ccc(Cl)nc3)CCCC[C@H]12. The van der Waals surface area contributed by atoms with Gasteiger partial charge < -0.3 is 14.4 Å². The fourth-order valence-corrected chi connectivity index (χ4v) is 4.90. The first-order valence-electron chi connectivity index (χ1n) is 11.5. The molecule has 2 bridgehead atoms. The van der Waals surface area contributed by atoms with Gasteiger partial charge in [-0.1, -0.05) is 30.2 Å². The number of amides is 1. The van der Waals surface area contributed by atoms with Crippen LogP contribution in [0.3, 0.4) is 0 Å². The van der Waals surface area contributed by atoms with E-state index in [1.54, 1.807) is 7.11 Å². The summed E-state index contributed by atoms with van der Waals surface area (Å²) in [5.41, 5.74) is 1.83. The molecule has 1 amide bonds. The summed E-state index contributed by atoms with van der Waals surface area (Å²) < 4.78 is 11.8. The summed E-state index contributed by atoms with van der Waals surface area (Å²) in [5, 5.41) is 0.511. The summed E-state index contributed by atoms with van der Waals surface area (Å²) in [6.45, 7) is 3.92. The van der Waals surface area contributed by atoms with Crippen molar-refractivity contribution in [3.8, 4) is 5.75 Å². The molecule has 2 aromatic rings. The largest absolute Gasteiger partial charge is 0.492 e. The molecule has 0 N–H and O–H groups in total. The van der Waals surface area contributed by atoms with Gasteiger partial charge >= 0.3 is 0 Å². The van der Waals surface area contributed by atoms with Gasteiger partial charge in [0, 0.05) is 38.5 Å². The van der Waals surface area contributed by atoms with E-state index in [0.29, 0.717) is 17.3 Å². The minimum atomic E-state index is 0.0797. The lowest BCUT2D eigenvalue weighted by molar-refractivity contribution is -0.0156. The van der Waals surface area contributed by atoms with Crippen LogP contribution in [0.4, 0.5) is 0 Å². The Morgan fingerprint density at radius 3 is 2.84 bits per heavy atom. The maximum Gasteiger partial charge on any atom is 0.254 e. The van der Waals surface area contributed by atoms with Crippen molar-refractivity contribution in [1.29, 1.82) is 0 Å². The molecule has 0 unspecified atom stereocenters. The fourth-order valence-electron chi connectivity index (χ4n) is 4.78. The monoisotopic (exact) mass is 457 g/mol. The smallest absolute Gasteiger partial charge is 0.254 e. The maximum absolute atomic E-state index is 13.3. The second kappa shape index (κ2) is 11.1. The van der Waals surface area contributed by atoms with Crippen LogP contribution < -0.4 is 4.74 Å². The van der Waals surface area contributed by atoms with Crippen LogP contribution in [-0.4, -0.2) is 66.2 Å². The third-order valence-electron chi connectivity index (χ3n) is 6.46. The summed E-state index contributed by atoms with van der Waals surface area (Å²) in [5.74, 6) is 0.814. The van der Waals surface area contributed by atoms with Crippen LogP contribution in [0.2, 0.25) is 5.15 Å². The van der Waals surface area contributed by atoms with Gasteiger partial charge in [0.25, 0.3) is 5.91 Å². The van der Waals surface area contributed by atoms with Crippen molar-refractivity contribution < 1.29 is 14.3 Å². The van der Waals surface area contributed by atoms with E-state index in [2.05, 4.69) is 9.88 Å². The number of aromatic nitrogens is 1. The number of benzene rings is 1. The number of piperidine rings is 1. The topological polar surface area (TPSA) is 54.9 Å². The first kappa shape index (κ1) is 23.0. The van der Waals surface area contributed by atoms with Crippen molar-refractivity contribution in [3.05, 3.63) is 58.9 Å². The molecule has 4 rings (SSSR count). The Labute approximate surface area is 195 Å². The molecule has 6 nitrogen and oxygen atoms in total. The van der Waals surface area contributed by atoms with E-state index in [4.69, 9.17) is 21.1 Å². The van der Waals surface area contributed by atoms with E-state index in [1.807, 2.05) is 47.5 Å². The summed E-state index contributed by atoms with van der Waals surface area (Å²) in [4.78, 5) is 22.0. The Bertz CT molecular complexity index is 892. The van der Waals surface area contributed by atoms with E-state index in [9.17, 15) is 4.79 Å². The highest BCUT2D eigenvalue weighted by Gasteiger charge is 2.34. The zero-order chi connectivity index (χ0) is 22.3. The molecule has 2 atom stereocenters. The Morgan fingerprint density at radius 2 is 2.03 bits per heavy atom. The van der Waals surface area contributed by atoms with Crippen LogP contribution >= 0.6 is 11.6 Å².